The Labute approximate surface area is 201 Å². The van der Waals surface area contributed by atoms with Crippen molar-refractivity contribution in [2.75, 3.05) is 25.0 Å². The largest absolute Gasteiger partial charge is 0.484 e. The van der Waals surface area contributed by atoms with Gasteiger partial charge in [-0.1, -0.05) is 12.1 Å². The van der Waals surface area contributed by atoms with Gasteiger partial charge in [0.05, 0.1) is 30.9 Å². The highest BCUT2D eigenvalue weighted by molar-refractivity contribution is 5.86. The van der Waals surface area contributed by atoms with Crippen LogP contribution in [0.2, 0.25) is 0 Å². The Morgan fingerprint density at radius 3 is 2.83 bits per heavy atom. The van der Waals surface area contributed by atoms with E-state index in [1.54, 1.807) is 30.2 Å². The van der Waals surface area contributed by atoms with Gasteiger partial charge >= 0.3 is 0 Å². The number of aromatic nitrogens is 3. The van der Waals surface area contributed by atoms with Gasteiger partial charge in [0.15, 0.2) is 18.1 Å². The van der Waals surface area contributed by atoms with Gasteiger partial charge in [0.1, 0.15) is 5.75 Å². The second-order valence-corrected chi connectivity index (χ2v) is 9.20. The summed E-state index contributed by atoms with van der Waals surface area (Å²) in [5.74, 6) is 1.08. The molecule has 2 aliphatic rings. The molecule has 2 aromatic heterocycles. The fourth-order valence-electron chi connectivity index (χ4n) is 4.38. The number of aliphatic imine (C=N–C) groups is 1. The minimum Gasteiger partial charge on any atom is -0.484 e. The number of fused-ring (bicyclic) bond motifs is 2. The Morgan fingerprint density at radius 2 is 2.03 bits per heavy atom. The number of nitrogens with one attached hydrogen (secondary N) is 1. The van der Waals surface area contributed by atoms with E-state index in [4.69, 9.17) is 9.72 Å². The van der Waals surface area contributed by atoms with E-state index < -0.39 is 5.60 Å². The number of aliphatic hydroxyl groups is 1. The Morgan fingerprint density at radius 1 is 1.20 bits per heavy atom. The number of nitrogens with zero attached hydrogens (tertiary/aromatic N) is 5. The Kier molecular flexibility index (Phi) is 5.00. The van der Waals surface area contributed by atoms with Crippen molar-refractivity contribution in [3.05, 3.63) is 72.2 Å². The first-order valence-corrected chi connectivity index (χ1v) is 11.4. The number of anilines is 2. The van der Waals surface area contributed by atoms with Gasteiger partial charge in [0.25, 0.3) is 5.91 Å². The number of hydrogen-bond acceptors (Lipinski definition) is 7. The molecule has 0 aliphatic carbocycles. The van der Waals surface area contributed by atoms with Gasteiger partial charge in [0, 0.05) is 36.1 Å². The molecule has 176 valence electrons. The molecule has 2 N–H and O–H groups in total. The summed E-state index contributed by atoms with van der Waals surface area (Å²) in [6.07, 6.45) is 7.51. The molecule has 6 rings (SSSR count). The molecule has 9 nitrogen and oxygen atoms in total. The fourth-order valence-corrected chi connectivity index (χ4v) is 4.38. The molecular formula is C26H24N6O3. The van der Waals surface area contributed by atoms with Gasteiger partial charge < -0.3 is 24.5 Å². The lowest BCUT2D eigenvalue weighted by molar-refractivity contribution is -0.154. The Balaban J connectivity index is 1.18. The maximum atomic E-state index is 12.2. The first kappa shape index (κ1) is 21.3. The molecule has 0 saturated carbocycles. The maximum Gasteiger partial charge on any atom is 0.260 e. The standard InChI is InChI=1S/C26H24N6O3/c1-26(34)15-32(16-26)23(33)14-35-21-6-4-20(5-7-21)29-24-25-28-8-9-31(25)13-22(30-24)17-2-3-18-11-27-12-19(18)10-17/h2-11,13,34H,12,14-16H2,1H3,(H,29,30). The van der Waals surface area contributed by atoms with Crippen LogP contribution in [0, 0.1) is 0 Å². The van der Waals surface area contributed by atoms with Crippen molar-refractivity contribution < 1.29 is 14.6 Å². The van der Waals surface area contributed by atoms with Crippen LogP contribution >= 0.6 is 0 Å². The van der Waals surface area contributed by atoms with E-state index in [1.807, 2.05) is 35.1 Å². The Hall–Kier alpha value is -4.24. The summed E-state index contributed by atoms with van der Waals surface area (Å²) in [7, 11) is 0. The molecule has 2 aromatic carbocycles. The minimum absolute atomic E-state index is 0.0625. The third-order valence-electron chi connectivity index (χ3n) is 6.20. The summed E-state index contributed by atoms with van der Waals surface area (Å²) in [6, 6.07) is 13.6. The van der Waals surface area contributed by atoms with Crippen molar-refractivity contribution in [2.24, 2.45) is 4.99 Å². The lowest BCUT2D eigenvalue weighted by Gasteiger charge is -2.43. The summed E-state index contributed by atoms with van der Waals surface area (Å²) in [6.45, 7) is 3.02. The number of ether oxygens (including phenoxy) is 1. The lowest BCUT2D eigenvalue weighted by atomic mass is 9.97. The second-order valence-electron chi connectivity index (χ2n) is 9.20. The van der Waals surface area contributed by atoms with Crippen LogP contribution in [-0.2, 0) is 11.3 Å². The molecule has 0 atom stereocenters. The van der Waals surface area contributed by atoms with Crippen LogP contribution in [-0.4, -0.2) is 61.8 Å². The molecule has 0 radical (unpaired) electrons. The quantitative estimate of drug-likeness (QED) is 0.451. The predicted molar refractivity (Wildman–Crippen MR) is 132 cm³/mol. The zero-order valence-corrected chi connectivity index (χ0v) is 19.2. The van der Waals surface area contributed by atoms with Crippen molar-refractivity contribution in [2.45, 2.75) is 19.1 Å². The molecule has 1 fully saturated rings. The molecule has 35 heavy (non-hydrogen) atoms. The minimum atomic E-state index is -0.788. The van der Waals surface area contributed by atoms with E-state index >= 15 is 0 Å². The summed E-state index contributed by atoms with van der Waals surface area (Å²) in [4.78, 5) is 27.4. The number of β-amino-alcohol motifs (C(OH)–C–C–N with tert-alkyl or cyclic N) is 1. The first-order valence-electron chi connectivity index (χ1n) is 11.4. The summed E-state index contributed by atoms with van der Waals surface area (Å²) < 4.78 is 7.58. The third kappa shape index (κ3) is 4.22. The van der Waals surface area contributed by atoms with Gasteiger partial charge in [-0.25, -0.2) is 9.97 Å². The van der Waals surface area contributed by atoms with E-state index in [0.717, 1.165) is 28.2 Å². The van der Waals surface area contributed by atoms with Crippen LogP contribution in [0.25, 0.3) is 16.9 Å². The molecule has 0 bridgehead atoms. The molecular weight excluding hydrogens is 444 g/mol. The van der Waals surface area contributed by atoms with Gasteiger partial charge in [0.2, 0.25) is 0 Å². The number of carbonyl (C=O) groups is 1. The number of likely N-dealkylation sites (tertiary alicyclic amines) is 1. The van der Waals surface area contributed by atoms with Crippen molar-refractivity contribution in [1.29, 1.82) is 0 Å². The summed E-state index contributed by atoms with van der Waals surface area (Å²) >= 11 is 0. The van der Waals surface area contributed by atoms with E-state index in [-0.39, 0.29) is 12.5 Å². The molecule has 1 amide bonds. The molecule has 0 spiro atoms. The topological polar surface area (TPSA) is 104 Å². The highest BCUT2D eigenvalue weighted by atomic mass is 16.5. The third-order valence-corrected chi connectivity index (χ3v) is 6.20. The number of benzene rings is 2. The zero-order chi connectivity index (χ0) is 24.0. The smallest absolute Gasteiger partial charge is 0.260 e. The van der Waals surface area contributed by atoms with Crippen molar-refractivity contribution >= 4 is 29.3 Å². The van der Waals surface area contributed by atoms with Gasteiger partial charge in [-0.2, -0.15) is 0 Å². The first-order chi connectivity index (χ1) is 16.9. The number of carbonyl (C=O) groups excluding carboxylic acids is 1. The average molecular weight is 469 g/mol. The van der Waals surface area contributed by atoms with Crippen molar-refractivity contribution in [1.82, 2.24) is 19.3 Å². The van der Waals surface area contributed by atoms with E-state index in [2.05, 4.69) is 33.5 Å². The second kappa shape index (κ2) is 8.21. The Bertz CT molecular complexity index is 1450. The molecule has 4 heterocycles. The molecule has 2 aliphatic heterocycles. The van der Waals surface area contributed by atoms with Crippen LogP contribution in [0.4, 0.5) is 11.5 Å². The number of hydrogen-bond donors (Lipinski definition) is 2. The molecule has 1 saturated heterocycles. The van der Waals surface area contributed by atoms with E-state index in [9.17, 15) is 9.90 Å². The molecule has 0 unspecified atom stereocenters. The number of amides is 1. The highest BCUT2D eigenvalue weighted by Crippen LogP contribution is 2.28. The van der Waals surface area contributed by atoms with Crippen molar-refractivity contribution in [3.63, 3.8) is 0 Å². The van der Waals surface area contributed by atoms with Crippen LogP contribution in [0.5, 0.6) is 5.75 Å². The summed E-state index contributed by atoms with van der Waals surface area (Å²) in [5, 5.41) is 13.1. The average Bonchev–Trinajstić information content (AvgIpc) is 3.50. The van der Waals surface area contributed by atoms with Crippen molar-refractivity contribution in [3.8, 4) is 17.0 Å². The van der Waals surface area contributed by atoms with Crippen LogP contribution in [0.1, 0.15) is 18.1 Å². The van der Waals surface area contributed by atoms with Crippen LogP contribution < -0.4 is 10.1 Å². The van der Waals surface area contributed by atoms with E-state index in [0.29, 0.717) is 31.2 Å². The molecule has 9 heteroatoms. The normalized spacial score (nSPS) is 15.7. The van der Waals surface area contributed by atoms with Crippen LogP contribution in [0.15, 0.2) is 66.0 Å². The molecule has 4 aromatic rings. The monoisotopic (exact) mass is 468 g/mol. The maximum absolute atomic E-state index is 12.2. The highest BCUT2D eigenvalue weighted by Gasteiger charge is 2.39. The lowest BCUT2D eigenvalue weighted by Crippen LogP contribution is -2.62. The van der Waals surface area contributed by atoms with Gasteiger partial charge in [-0.3, -0.25) is 9.79 Å². The fraction of sp³-hybridized carbons (Fsp3) is 0.231. The SMILES string of the molecule is CC1(O)CN(C(=O)COc2ccc(Nc3nc(-c4ccc5c(c4)CN=C5)cn4ccnc34)cc2)C1. The summed E-state index contributed by atoms with van der Waals surface area (Å²) in [5.41, 5.74) is 4.94. The number of imidazole rings is 1. The predicted octanol–water partition coefficient (Wildman–Crippen LogP) is 3.04. The van der Waals surface area contributed by atoms with E-state index in [1.165, 1.54) is 5.56 Å². The number of rotatable bonds is 6. The van der Waals surface area contributed by atoms with Crippen LogP contribution in [0.3, 0.4) is 0 Å². The van der Waals surface area contributed by atoms with Gasteiger partial charge in [-0.05, 0) is 48.4 Å². The zero-order valence-electron chi connectivity index (χ0n) is 19.2. The van der Waals surface area contributed by atoms with Gasteiger partial charge in [-0.15, -0.1) is 0 Å².